The van der Waals surface area contributed by atoms with Crippen LogP contribution in [0.1, 0.15) is 12.0 Å². The quantitative estimate of drug-likeness (QED) is 0.763. The third kappa shape index (κ3) is 4.44. The maximum Gasteiger partial charge on any atom is 0.288 e. The van der Waals surface area contributed by atoms with Crippen LogP contribution in [-0.2, 0) is 9.59 Å². The molecule has 2 aromatic carbocycles. The molecule has 1 aliphatic heterocycles. The number of benzene rings is 2. The van der Waals surface area contributed by atoms with Crippen LogP contribution in [0.15, 0.2) is 47.4 Å². The molecule has 142 valence electrons. The molecule has 0 spiro atoms. The van der Waals surface area contributed by atoms with E-state index in [0.717, 1.165) is 5.56 Å². The van der Waals surface area contributed by atoms with Crippen molar-refractivity contribution in [3.63, 3.8) is 0 Å². The van der Waals surface area contributed by atoms with Gasteiger partial charge in [0.1, 0.15) is 5.82 Å². The number of alkyl halides is 2. The Morgan fingerprint density at radius 2 is 2.00 bits per heavy atom. The second kappa shape index (κ2) is 8.04. The third-order valence-corrected chi connectivity index (χ3v) is 5.04. The van der Waals surface area contributed by atoms with Gasteiger partial charge in [-0.2, -0.15) is 8.78 Å². The molecule has 1 aliphatic rings. The zero-order valence-corrected chi connectivity index (χ0v) is 15.2. The molecule has 0 bridgehead atoms. The largest absolute Gasteiger partial charge is 0.325 e. The highest BCUT2D eigenvalue weighted by molar-refractivity contribution is 7.99. The van der Waals surface area contributed by atoms with Crippen LogP contribution in [0, 0.1) is 18.7 Å². The topological polar surface area (TPSA) is 49.4 Å². The second-order valence-corrected chi connectivity index (χ2v) is 7.26. The summed E-state index contributed by atoms with van der Waals surface area (Å²) in [4.78, 5) is 26.3. The van der Waals surface area contributed by atoms with Gasteiger partial charge in [-0.25, -0.2) is 4.39 Å². The Morgan fingerprint density at radius 1 is 1.26 bits per heavy atom. The minimum atomic E-state index is -2.61. The lowest BCUT2D eigenvalue weighted by atomic mass is 10.1. The molecule has 0 aromatic heterocycles. The molecule has 1 atom stereocenters. The summed E-state index contributed by atoms with van der Waals surface area (Å²) < 4.78 is 39.5. The summed E-state index contributed by atoms with van der Waals surface area (Å²) in [7, 11) is 0. The molecule has 2 amide bonds. The summed E-state index contributed by atoms with van der Waals surface area (Å²) in [6, 6.07) is 10.8. The van der Waals surface area contributed by atoms with Crippen LogP contribution in [-0.4, -0.2) is 24.1 Å². The Labute approximate surface area is 158 Å². The average Bonchev–Trinajstić information content (AvgIpc) is 2.98. The van der Waals surface area contributed by atoms with Gasteiger partial charge in [0.15, 0.2) is 0 Å². The summed E-state index contributed by atoms with van der Waals surface area (Å²) >= 11 is 0.336. The van der Waals surface area contributed by atoms with Crippen molar-refractivity contribution in [3.8, 4) is 0 Å². The van der Waals surface area contributed by atoms with Gasteiger partial charge in [0.2, 0.25) is 11.8 Å². The number of nitrogens with one attached hydrogen (secondary N) is 1. The Morgan fingerprint density at radius 3 is 2.70 bits per heavy atom. The van der Waals surface area contributed by atoms with E-state index in [1.807, 2.05) is 0 Å². The molecule has 0 radical (unpaired) electrons. The number of rotatable bonds is 5. The van der Waals surface area contributed by atoms with Gasteiger partial charge in [-0.05, 0) is 36.8 Å². The van der Waals surface area contributed by atoms with Crippen molar-refractivity contribution in [3.05, 3.63) is 53.8 Å². The molecule has 0 aliphatic carbocycles. The van der Waals surface area contributed by atoms with Gasteiger partial charge >= 0.3 is 0 Å². The standard InChI is InChI=1S/C19H17F3N2O2S/c1-11-6-7-15(13(20)8-11)24-10-12(9-17(24)25)18(26)23-14-4-2-3-5-16(14)27-19(21)22/h2-8,12,19H,9-10H2,1H3,(H,23,26). The number of thioether (sulfide) groups is 1. The first-order chi connectivity index (χ1) is 12.8. The van der Waals surface area contributed by atoms with Gasteiger partial charge in [-0.15, -0.1) is 0 Å². The van der Waals surface area contributed by atoms with Crippen molar-refractivity contribution < 1.29 is 22.8 Å². The summed E-state index contributed by atoms with van der Waals surface area (Å²) in [5, 5.41) is 2.61. The number of hydrogen-bond donors (Lipinski definition) is 1. The maximum atomic E-state index is 14.2. The van der Waals surface area contributed by atoms with Crippen LogP contribution >= 0.6 is 11.8 Å². The van der Waals surface area contributed by atoms with Crippen molar-refractivity contribution in [2.45, 2.75) is 24.0 Å². The SMILES string of the molecule is Cc1ccc(N2CC(C(=O)Nc3ccccc3SC(F)F)CC2=O)c(F)c1. The Hall–Kier alpha value is -2.48. The normalized spacial score (nSPS) is 16.9. The Balaban J connectivity index is 1.73. The van der Waals surface area contributed by atoms with Gasteiger partial charge in [-0.3, -0.25) is 9.59 Å². The molecule has 0 saturated carbocycles. The first-order valence-corrected chi connectivity index (χ1v) is 9.14. The number of aryl methyl sites for hydroxylation is 1. The van der Waals surface area contributed by atoms with Crippen LogP contribution < -0.4 is 10.2 Å². The molecule has 1 fully saturated rings. The van der Waals surface area contributed by atoms with Gasteiger partial charge in [-0.1, -0.05) is 30.0 Å². The number of nitrogens with zero attached hydrogens (tertiary/aromatic N) is 1. The van der Waals surface area contributed by atoms with Crippen LogP contribution in [0.4, 0.5) is 24.5 Å². The van der Waals surface area contributed by atoms with Crippen LogP contribution in [0.25, 0.3) is 0 Å². The fourth-order valence-corrected chi connectivity index (χ4v) is 3.55. The Kier molecular flexibility index (Phi) is 5.74. The van der Waals surface area contributed by atoms with E-state index in [9.17, 15) is 22.8 Å². The first-order valence-electron chi connectivity index (χ1n) is 8.26. The summed E-state index contributed by atoms with van der Waals surface area (Å²) in [6.07, 6.45) is -0.0662. The smallest absolute Gasteiger partial charge is 0.288 e. The lowest BCUT2D eigenvalue weighted by Crippen LogP contribution is -2.28. The van der Waals surface area contributed by atoms with Crippen molar-refractivity contribution in [2.75, 3.05) is 16.8 Å². The number of halogens is 3. The molecule has 3 rings (SSSR count). The van der Waals surface area contributed by atoms with E-state index in [4.69, 9.17) is 0 Å². The fraction of sp³-hybridized carbons (Fsp3) is 0.263. The molecule has 8 heteroatoms. The van der Waals surface area contributed by atoms with Crippen LogP contribution in [0.3, 0.4) is 0 Å². The maximum absolute atomic E-state index is 14.2. The minimum Gasteiger partial charge on any atom is -0.325 e. The molecule has 1 unspecified atom stereocenters. The van der Waals surface area contributed by atoms with Gasteiger partial charge in [0.05, 0.1) is 17.3 Å². The zero-order chi connectivity index (χ0) is 19.6. The summed E-state index contributed by atoms with van der Waals surface area (Å²) in [6.45, 7) is 1.78. The Bertz CT molecular complexity index is 876. The zero-order valence-electron chi connectivity index (χ0n) is 14.4. The van der Waals surface area contributed by atoms with E-state index in [0.29, 0.717) is 11.8 Å². The number of carbonyl (C=O) groups is 2. The van der Waals surface area contributed by atoms with Crippen LogP contribution in [0.2, 0.25) is 0 Å². The second-order valence-electron chi connectivity index (χ2n) is 6.22. The lowest BCUT2D eigenvalue weighted by Gasteiger charge is -2.18. The number of amides is 2. The van der Waals surface area contributed by atoms with E-state index < -0.39 is 23.4 Å². The van der Waals surface area contributed by atoms with E-state index in [1.165, 1.54) is 29.2 Å². The number of anilines is 2. The first kappa shape index (κ1) is 19.3. The highest BCUT2D eigenvalue weighted by Crippen LogP contribution is 2.33. The molecule has 27 heavy (non-hydrogen) atoms. The van der Waals surface area contributed by atoms with Crippen molar-refractivity contribution in [1.29, 1.82) is 0 Å². The summed E-state index contributed by atoms with van der Waals surface area (Å²) in [5.74, 6) is -4.64. The molecule has 1 N–H and O–H groups in total. The van der Waals surface area contributed by atoms with Crippen molar-refractivity contribution >= 4 is 35.0 Å². The third-order valence-electron chi connectivity index (χ3n) is 4.25. The monoisotopic (exact) mass is 394 g/mol. The molecule has 4 nitrogen and oxygen atoms in total. The van der Waals surface area contributed by atoms with Crippen LogP contribution in [0.5, 0.6) is 0 Å². The molecule has 1 heterocycles. The van der Waals surface area contributed by atoms with Gasteiger partial charge in [0, 0.05) is 17.9 Å². The molecule has 1 saturated heterocycles. The number of para-hydroxylation sites is 1. The minimum absolute atomic E-state index is 0.0365. The number of carbonyl (C=O) groups excluding carboxylic acids is 2. The van der Waals surface area contributed by atoms with Crippen molar-refractivity contribution in [2.24, 2.45) is 5.92 Å². The van der Waals surface area contributed by atoms with E-state index >= 15 is 0 Å². The molecular weight excluding hydrogens is 377 g/mol. The number of hydrogen-bond acceptors (Lipinski definition) is 3. The molecular formula is C19H17F3N2O2S. The predicted octanol–water partition coefficient (Wildman–Crippen LogP) is 4.44. The van der Waals surface area contributed by atoms with E-state index in [1.54, 1.807) is 25.1 Å². The van der Waals surface area contributed by atoms with Gasteiger partial charge < -0.3 is 10.2 Å². The van der Waals surface area contributed by atoms with E-state index in [-0.39, 0.29) is 35.1 Å². The molecule has 2 aromatic rings. The van der Waals surface area contributed by atoms with Gasteiger partial charge in [0.25, 0.3) is 5.76 Å². The fourth-order valence-electron chi connectivity index (χ4n) is 2.95. The summed E-state index contributed by atoms with van der Waals surface area (Å²) in [5.41, 5.74) is 1.13. The highest BCUT2D eigenvalue weighted by atomic mass is 32.2. The van der Waals surface area contributed by atoms with Crippen molar-refractivity contribution in [1.82, 2.24) is 0 Å². The highest BCUT2D eigenvalue weighted by Gasteiger charge is 2.36. The predicted molar refractivity (Wildman–Crippen MR) is 98.5 cm³/mol. The van der Waals surface area contributed by atoms with E-state index in [2.05, 4.69) is 5.32 Å². The average molecular weight is 394 g/mol. The lowest BCUT2D eigenvalue weighted by molar-refractivity contribution is -0.122.